The molecule has 1 fully saturated rings. The maximum absolute atomic E-state index is 11.8. The molecule has 2 atom stereocenters. The quantitative estimate of drug-likeness (QED) is 0.342. The summed E-state index contributed by atoms with van der Waals surface area (Å²) in [6.07, 6.45) is 0. The van der Waals surface area contributed by atoms with Crippen LogP contribution in [0.2, 0.25) is 0 Å². The van der Waals surface area contributed by atoms with Gasteiger partial charge in [-0.05, 0) is 13.8 Å². The highest BCUT2D eigenvalue weighted by atomic mass is 16.5. The van der Waals surface area contributed by atoms with Crippen LogP contribution in [-0.2, 0) is 33.3 Å². The first-order valence-electron chi connectivity index (χ1n) is 11.0. The lowest BCUT2D eigenvalue weighted by Gasteiger charge is -2.15. The van der Waals surface area contributed by atoms with E-state index in [1.54, 1.807) is 0 Å². The first-order chi connectivity index (χ1) is 15.1. The van der Waals surface area contributed by atoms with Gasteiger partial charge >= 0.3 is 0 Å². The standard InChI is InChI=1S/C20H40N4O7/c1-17-13-21-3-5-27-7-8-28-6-4-22-14-18(2)24-20(26)16-31-12-10-29-9-11-30-15-19(25)23-17/h17-18,21-22H,3-16H2,1-2H3,(H,23,25)(H,24,26)/t17-,18-/m0/s1. The van der Waals surface area contributed by atoms with Gasteiger partial charge in [0.1, 0.15) is 13.2 Å². The Morgan fingerprint density at radius 3 is 1.35 bits per heavy atom. The summed E-state index contributed by atoms with van der Waals surface area (Å²) in [5, 5.41) is 12.2. The summed E-state index contributed by atoms with van der Waals surface area (Å²) < 4.78 is 27.0. The summed E-state index contributed by atoms with van der Waals surface area (Å²) >= 11 is 0. The third-order valence-corrected chi connectivity index (χ3v) is 4.14. The zero-order valence-electron chi connectivity index (χ0n) is 18.9. The van der Waals surface area contributed by atoms with Gasteiger partial charge in [0.15, 0.2) is 0 Å². The Morgan fingerprint density at radius 2 is 0.935 bits per heavy atom. The van der Waals surface area contributed by atoms with Crippen molar-refractivity contribution in [2.24, 2.45) is 0 Å². The van der Waals surface area contributed by atoms with E-state index in [9.17, 15) is 9.59 Å². The van der Waals surface area contributed by atoms with Crippen LogP contribution in [0.5, 0.6) is 0 Å². The fraction of sp³-hybridized carbons (Fsp3) is 0.900. The van der Waals surface area contributed by atoms with E-state index < -0.39 is 0 Å². The molecule has 0 aromatic rings. The number of hydrogen-bond acceptors (Lipinski definition) is 9. The summed E-state index contributed by atoms with van der Waals surface area (Å²) in [7, 11) is 0. The van der Waals surface area contributed by atoms with Crippen LogP contribution in [-0.4, -0.2) is 116 Å². The summed E-state index contributed by atoms with van der Waals surface area (Å²) in [4.78, 5) is 23.7. The molecule has 11 heteroatoms. The molecule has 0 aromatic heterocycles. The van der Waals surface area contributed by atoms with Crippen molar-refractivity contribution in [3.05, 3.63) is 0 Å². The second-order valence-corrected chi connectivity index (χ2v) is 7.29. The third-order valence-electron chi connectivity index (χ3n) is 4.14. The number of ether oxygens (including phenoxy) is 5. The van der Waals surface area contributed by atoms with Gasteiger partial charge in [-0.2, -0.15) is 0 Å². The normalized spacial score (nSPS) is 26.9. The molecule has 0 spiro atoms. The molecule has 1 rings (SSSR count). The summed E-state index contributed by atoms with van der Waals surface area (Å²) in [5.74, 6) is -0.337. The molecular weight excluding hydrogens is 408 g/mol. The smallest absolute Gasteiger partial charge is 0.246 e. The minimum Gasteiger partial charge on any atom is -0.378 e. The second kappa shape index (κ2) is 19.4. The maximum atomic E-state index is 11.8. The topological polar surface area (TPSA) is 128 Å². The van der Waals surface area contributed by atoms with Gasteiger partial charge in [0.25, 0.3) is 0 Å². The highest BCUT2D eigenvalue weighted by Crippen LogP contribution is 1.86. The SMILES string of the molecule is C[C@H]1CNCCOCCOCCNC[C@H](C)NC(=O)COCCOCCOCC(=O)N1. The van der Waals surface area contributed by atoms with E-state index in [0.717, 1.165) is 0 Å². The molecular formula is C20H40N4O7. The number of rotatable bonds is 0. The van der Waals surface area contributed by atoms with E-state index in [0.29, 0.717) is 79.0 Å². The monoisotopic (exact) mass is 448 g/mol. The van der Waals surface area contributed by atoms with Crippen LogP contribution in [0, 0.1) is 0 Å². The summed E-state index contributed by atoms with van der Waals surface area (Å²) in [6, 6.07) is -0.0224. The van der Waals surface area contributed by atoms with E-state index >= 15 is 0 Å². The molecule has 4 N–H and O–H groups in total. The average molecular weight is 449 g/mol. The Bertz CT molecular complexity index is 431. The highest BCUT2D eigenvalue weighted by Gasteiger charge is 2.08. The molecule has 0 radical (unpaired) electrons. The van der Waals surface area contributed by atoms with E-state index in [1.807, 2.05) is 13.8 Å². The molecule has 0 unspecified atom stereocenters. The van der Waals surface area contributed by atoms with Crippen LogP contribution < -0.4 is 21.3 Å². The van der Waals surface area contributed by atoms with E-state index in [1.165, 1.54) is 0 Å². The number of carbonyl (C=O) groups excluding carboxylic acids is 2. The van der Waals surface area contributed by atoms with Crippen LogP contribution in [0.25, 0.3) is 0 Å². The van der Waals surface area contributed by atoms with Crippen molar-refractivity contribution in [1.29, 1.82) is 0 Å². The van der Waals surface area contributed by atoms with Gasteiger partial charge in [-0.1, -0.05) is 0 Å². The van der Waals surface area contributed by atoms with Crippen molar-refractivity contribution in [3.8, 4) is 0 Å². The molecule has 1 aliphatic rings. The molecule has 0 bridgehead atoms. The lowest BCUT2D eigenvalue weighted by atomic mass is 10.3. The Kier molecular flexibility index (Phi) is 17.3. The van der Waals surface area contributed by atoms with E-state index in [-0.39, 0.29) is 37.1 Å². The van der Waals surface area contributed by atoms with Crippen molar-refractivity contribution >= 4 is 11.8 Å². The van der Waals surface area contributed by atoms with Gasteiger partial charge < -0.3 is 45.0 Å². The average Bonchev–Trinajstić information content (AvgIpc) is 2.72. The number of nitrogens with one attached hydrogen (secondary N) is 4. The molecule has 1 heterocycles. The second-order valence-electron chi connectivity index (χ2n) is 7.29. The molecule has 31 heavy (non-hydrogen) atoms. The molecule has 0 saturated carbocycles. The first kappa shape index (κ1) is 27.7. The van der Waals surface area contributed by atoms with Crippen LogP contribution in [0.15, 0.2) is 0 Å². The molecule has 0 aliphatic carbocycles. The van der Waals surface area contributed by atoms with Gasteiger partial charge in [-0.3, -0.25) is 9.59 Å². The maximum Gasteiger partial charge on any atom is 0.246 e. The third kappa shape index (κ3) is 18.0. The van der Waals surface area contributed by atoms with Crippen LogP contribution in [0.4, 0.5) is 0 Å². The number of amides is 2. The fourth-order valence-electron chi connectivity index (χ4n) is 2.65. The predicted octanol–water partition coefficient (Wildman–Crippen LogP) is -1.73. The largest absolute Gasteiger partial charge is 0.378 e. The zero-order valence-corrected chi connectivity index (χ0v) is 18.9. The van der Waals surface area contributed by atoms with Crippen molar-refractivity contribution in [2.75, 3.05) is 92.2 Å². The Labute approximate surface area is 185 Å². The Balaban J connectivity index is 2.26. The van der Waals surface area contributed by atoms with E-state index in [4.69, 9.17) is 23.7 Å². The van der Waals surface area contributed by atoms with Crippen LogP contribution in [0.1, 0.15) is 13.8 Å². The van der Waals surface area contributed by atoms with Gasteiger partial charge in [0.05, 0.1) is 52.9 Å². The lowest BCUT2D eigenvalue weighted by molar-refractivity contribution is -0.127. The lowest BCUT2D eigenvalue weighted by Crippen LogP contribution is -2.42. The van der Waals surface area contributed by atoms with Gasteiger partial charge in [0.2, 0.25) is 11.8 Å². The molecule has 0 aromatic carbocycles. The van der Waals surface area contributed by atoms with Crippen LogP contribution in [0.3, 0.4) is 0 Å². The summed E-state index contributed by atoms with van der Waals surface area (Å²) in [6.45, 7) is 10.1. The van der Waals surface area contributed by atoms with Gasteiger partial charge in [0, 0.05) is 38.3 Å². The number of carbonyl (C=O) groups is 2. The Morgan fingerprint density at radius 1 is 0.581 bits per heavy atom. The number of hydrogen-bond donors (Lipinski definition) is 4. The minimum atomic E-state index is -0.168. The first-order valence-corrected chi connectivity index (χ1v) is 11.0. The van der Waals surface area contributed by atoms with Crippen LogP contribution >= 0.6 is 0 Å². The molecule has 1 aliphatic heterocycles. The summed E-state index contributed by atoms with van der Waals surface area (Å²) in [5.41, 5.74) is 0. The zero-order chi connectivity index (χ0) is 22.6. The molecule has 182 valence electrons. The Hall–Kier alpha value is -1.34. The predicted molar refractivity (Wildman–Crippen MR) is 115 cm³/mol. The van der Waals surface area contributed by atoms with E-state index in [2.05, 4.69) is 21.3 Å². The minimum absolute atomic E-state index is 0.0112. The van der Waals surface area contributed by atoms with Crippen molar-refractivity contribution in [1.82, 2.24) is 21.3 Å². The molecule has 11 nitrogen and oxygen atoms in total. The van der Waals surface area contributed by atoms with Crippen molar-refractivity contribution in [3.63, 3.8) is 0 Å². The van der Waals surface area contributed by atoms with Gasteiger partial charge in [-0.15, -0.1) is 0 Å². The van der Waals surface area contributed by atoms with Gasteiger partial charge in [-0.25, -0.2) is 0 Å². The fourth-order valence-corrected chi connectivity index (χ4v) is 2.65. The van der Waals surface area contributed by atoms with Crippen molar-refractivity contribution < 1.29 is 33.3 Å². The molecule has 2 amide bonds. The molecule has 1 saturated heterocycles. The highest BCUT2D eigenvalue weighted by molar-refractivity contribution is 5.77. The van der Waals surface area contributed by atoms with Crippen molar-refractivity contribution in [2.45, 2.75) is 25.9 Å².